The quantitative estimate of drug-likeness (QED) is 0.689. The van der Waals surface area contributed by atoms with E-state index in [9.17, 15) is 4.79 Å². The summed E-state index contributed by atoms with van der Waals surface area (Å²) in [6.07, 6.45) is 8.65. The van der Waals surface area contributed by atoms with Crippen LogP contribution in [0.2, 0.25) is 0 Å². The fourth-order valence-electron chi connectivity index (χ4n) is 4.37. The molecule has 5 rings (SSSR count). The average molecular weight is 429 g/mol. The van der Waals surface area contributed by atoms with Crippen molar-refractivity contribution in [3.63, 3.8) is 0 Å². The molecule has 1 unspecified atom stereocenters. The van der Waals surface area contributed by atoms with Crippen molar-refractivity contribution in [1.29, 1.82) is 0 Å². The van der Waals surface area contributed by atoms with E-state index in [0.717, 1.165) is 61.4 Å². The Hall–Kier alpha value is -2.72. The topological polar surface area (TPSA) is 94.4 Å². The second-order valence-corrected chi connectivity index (χ2v) is 9.04. The Morgan fingerprint density at radius 1 is 1.37 bits per heavy atom. The number of nitrogens with zero attached hydrogens (tertiary/aromatic N) is 5. The van der Waals surface area contributed by atoms with E-state index in [4.69, 9.17) is 9.47 Å². The van der Waals surface area contributed by atoms with Gasteiger partial charge in [0.2, 0.25) is 5.88 Å². The third kappa shape index (κ3) is 3.39. The highest BCUT2D eigenvalue weighted by Crippen LogP contribution is 2.40. The molecule has 3 aromatic rings. The Morgan fingerprint density at radius 2 is 2.27 bits per heavy atom. The maximum Gasteiger partial charge on any atom is 0.323 e. The minimum absolute atomic E-state index is 0.115. The Balaban J connectivity index is 1.40. The summed E-state index contributed by atoms with van der Waals surface area (Å²) in [7, 11) is 3.44. The molecule has 0 aromatic carbocycles. The van der Waals surface area contributed by atoms with Crippen LogP contribution < -0.4 is 10.1 Å². The molecule has 2 aliphatic rings. The molecule has 0 aliphatic carbocycles. The number of aryl methyl sites for hydroxylation is 1. The molecule has 1 N–H and O–H groups in total. The number of fused-ring (bicyclic) bond motifs is 1. The second-order valence-electron chi connectivity index (χ2n) is 8.04. The van der Waals surface area contributed by atoms with Crippen molar-refractivity contribution in [2.45, 2.75) is 19.3 Å². The number of nitrogens with one attached hydrogen (secondary N) is 1. The standard InChI is InChI=1S/C20H24N6O3S/c1-25-10-13(8-22-25)14-9-21-17(28-2)15-16(14)30-18(23-15)24-19(27)26-6-5-20(11-26)4-3-7-29-12-20/h8-10H,3-7,11-12H2,1-2H3,(H,23,24,27). The fourth-order valence-corrected chi connectivity index (χ4v) is 5.35. The number of ether oxygens (including phenoxy) is 2. The Morgan fingerprint density at radius 3 is 3.00 bits per heavy atom. The predicted octanol–water partition coefficient (Wildman–Crippen LogP) is 3.13. The number of rotatable bonds is 3. The first-order valence-electron chi connectivity index (χ1n) is 10.0. The number of hydrogen-bond donors (Lipinski definition) is 1. The van der Waals surface area contributed by atoms with E-state index in [1.54, 1.807) is 24.2 Å². The Kier molecular flexibility index (Phi) is 4.82. The highest BCUT2D eigenvalue weighted by atomic mass is 32.1. The molecule has 2 amide bonds. The number of methoxy groups -OCH3 is 1. The predicted molar refractivity (Wildman–Crippen MR) is 114 cm³/mol. The molecule has 9 nitrogen and oxygen atoms in total. The van der Waals surface area contributed by atoms with Crippen LogP contribution in [0, 0.1) is 5.41 Å². The lowest BCUT2D eigenvalue weighted by molar-refractivity contribution is -0.000213. The summed E-state index contributed by atoms with van der Waals surface area (Å²) in [5.74, 6) is 0.439. The van der Waals surface area contributed by atoms with Crippen LogP contribution in [0.3, 0.4) is 0 Å². The van der Waals surface area contributed by atoms with Crippen LogP contribution in [0.25, 0.3) is 21.3 Å². The van der Waals surface area contributed by atoms with E-state index in [-0.39, 0.29) is 11.4 Å². The van der Waals surface area contributed by atoms with Crippen LogP contribution in [0.15, 0.2) is 18.6 Å². The maximum atomic E-state index is 12.9. The minimum Gasteiger partial charge on any atom is -0.479 e. The van der Waals surface area contributed by atoms with Gasteiger partial charge in [-0.15, -0.1) is 0 Å². The maximum absolute atomic E-state index is 12.9. The van der Waals surface area contributed by atoms with Gasteiger partial charge in [-0.1, -0.05) is 11.3 Å². The van der Waals surface area contributed by atoms with Crippen molar-refractivity contribution in [2.24, 2.45) is 12.5 Å². The summed E-state index contributed by atoms with van der Waals surface area (Å²) in [5.41, 5.74) is 2.61. The highest BCUT2D eigenvalue weighted by molar-refractivity contribution is 7.23. The molecule has 3 aromatic heterocycles. The molecule has 2 saturated heterocycles. The zero-order chi connectivity index (χ0) is 20.7. The summed E-state index contributed by atoms with van der Waals surface area (Å²) in [6.45, 7) is 3.05. The van der Waals surface area contributed by atoms with Gasteiger partial charge in [-0.3, -0.25) is 10.00 Å². The van der Waals surface area contributed by atoms with Gasteiger partial charge >= 0.3 is 6.03 Å². The molecule has 1 spiro atoms. The molecule has 1 atom stereocenters. The number of carbonyl (C=O) groups is 1. The van der Waals surface area contributed by atoms with Gasteiger partial charge in [-0.05, 0) is 19.3 Å². The fraction of sp³-hybridized carbons (Fsp3) is 0.500. The number of anilines is 1. The van der Waals surface area contributed by atoms with Gasteiger partial charge in [-0.2, -0.15) is 5.10 Å². The summed E-state index contributed by atoms with van der Waals surface area (Å²) in [6, 6.07) is -0.119. The normalized spacial score (nSPS) is 21.5. The Bertz CT molecular complexity index is 1090. The number of hydrogen-bond acceptors (Lipinski definition) is 7. The summed E-state index contributed by atoms with van der Waals surface area (Å²) in [5, 5.41) is 7.76. The summed E-state index contributed by atoms with van der Waals surface area (Å²) >= 11 is 1.42. The lowest BCUT2D eigenvalue weighted by Crippen LogP contribution is -2.38. The smallest absolute Gasteiger partial charge is 0.323 e. The van der Waals surface area contributed by atoms with Gasteiger partial charge in [0.1, 0.15) is 5.52 Å². The third-order valence-corrected chi connectivity index (χ3v) is 6.94. The first-order chi connectivity index (χ1) is 14.6. The molecule has 2 fully saturated rings. The van der Waals surface area contributed by atoms with Gasteiger partial charge in [-0.25, -0.2) is 14.8 Å². The molecule has 0 bridgehead atoms. The number of urea groups is 1. The van der Waals surface area contributed by atoms with Crippen molar-refractivity contribution in [1.82, 2.24) is 24.6 Å². The molecule has 30 heavy (non-hydrogen) atoms. The molecule has 158 valence electrons. The molecule has 10 heteroatoms. The highest BCUT2D eigenvalue weighted by Gasteiger charge is 2.41. The monoisotopic (exact) mass is 428 g/mol. The Labute approximate surface area is 178 Å². The van der Waals surface area contributed by atoms with E-state index in [1.807, 2.05) is 18.1 Å². The first-order valence-corrected chi connectivity index (χ1v) is 10.8. The van der Waals surface area contributed by atoms with Crippen molar-refractivity contribution in [2.75, 3.05) is 38.7 Å². The molecule has 2 aliphatic heterocycles. The lowest BCUT2D eigenvalue weighted by Gasteiger charge is -2.32. The number of amides is 2. The minimum atomic E-state index is -0.119. The molecular weight excluding hydrogens is 404 g/mol. The van der Waals surface area contributed by atoms with Crippen LogP contribution in [-0.4, -0.2) is 64.1 Å². The van der Waals surface area contributed by atoms with Gasteiger partial charge in [0.25, 0.3) is 0 Å². The zero-order valence-electron chi connectivity index (χ0n) is 17.1. The van der Waals surface area contributed by atoms with Crippen molar-refractivity contribution in [3.8, 4) is 17.0 Å². The lowest BCUT2D eigenvalue weighted by atomic mass is 9.82. The van der Waals surface area contributed by atoms with Crippen LogP contribution >= 0.6 is 11.3 Å². The van der Waals surface area contributed by atoms with Crippen LogP contribution in [0.5, 0.6) is 5.88 Å². The summed E-state index contributed by atoms with van der Waals surface area (Å²) < 4.78 is 13.7. The van der Waals surface area contributed by atoms with Crippen LogP contribution in [0.4, 0.5) is 9.93 Å². The zero-order valence-corrected chi connectivity index (χ0v) is 17.9. The van der Waals surface area contributed by atoms with E-state index in [0.29, 0.717) is 16.5 Å². The van der Waals surface area contributed by atoms with Crippen molar-refractivity contribution in [3.05, 3.63) is 18.6 Å². The number of thiazole rings is 1. The number of carbonyl (C=O) groups excluding carboxylic acids is 1. The van der Waals surface area contributed by atoms with Gasteiger partial charge in [0, 0.05) is 55.7 Å². The van der Waals surface area contributed by atoms with Gasteiger partial charge in [0.15, 0.2) is 5.13 Å². The largest absolute Gasteiger partial charge is 0.479 e. The van der Waals surface area contributed by atoms with E-state index in [1.165, 1.54) is 11.3 Å². The molecule has 5 heterocycles. The molecule has 0 saturated carbocycles. The second kappa shape index (κ2) is 7.51. The summed E-state index contributed by atoms with van der Waals surface area (Å²) in [4.78, 5) is 23.8. The van der Waals surface area contributed by atoms with Gasteiger partial charge in [0.05, 0.1) is 24.6 Å². The van der Waals surface area contributed by atoms with Crippen molar-refractivity contribution < 1.29 is 14.3 Å². The number of likely N-dealkylation sites (tertiary alicyclic amines) is 1. The average Bonchev–Trinajstić information content (AvgIpc) is 3.47. The van der Waals surface area contributed by atoms with Crippen LogP contribution in [0.1, 0.15) is 19.3 Å². The SMILES string of the molecule is COc1ncc(-c2cnn(C)c2)c2sc(NC(=O)N3CCC4(CCCOC4)C3)nc12. The van der Waals surface area contributed by atoms with Crippen LogP contribution in [-0.2, 0) is 11.8 Å². The first kappa shape index (κ1) is 19.3. The molecular formula is C20H24N6O3S. The molecule has 0 radical (unpaired) electrons. The van der Waals surface area contributed by atoms with E-state index >= 15 is 0 Å². The number of pyridine rings is 1. The number of aromatic nitrogens is 4. The van der Waals surface area contributed by atoms with E-state index in [2.05, 4.69) is 20.4 Å². The van der Waals surface area contributed by atoms with Crippen molar-refractivity contribution >= 4 is 32.7 Å². The van der Waals surface area contributed by atoms with E-state index < -0.39 is 0 Å². The third-order valence-electron chi connectivity index (χ3n) is 5.94. The van der Waals surface area contributed by atoms with Gasteiger partial charge < -0.3 is 14.4 Å².